The second kappa shape index (κ2) is 13.3. The lowest BCUT2D eigenvalue weighted by Gasteiger charge is -2.43. The molecule has 4 N–H and O–H groups in total. The summed E-state index contributed by atoms with van der Waals surface area (Å²) < 4.78 is 11.8. The predicted octanol–water partition coefficient (Wildman–Crippen LogP) is 4.91. The van der Waals surface area contributed by atoms with E-state index < -0.39 is 36.0 Å². The van der Waals surface area contributed by atoms with Gasteiger partial charge in [0, 0.05) is 31.6 Å². The Morgan fingerprint density at radius 3 is 2.50 bits per heavy atom. The molecular formula is C28H36Cl2O8. The summed E-state index contributed by atoms with van der Waals surface area (Å²) >= 11 is 12.4. The molecule has 2 aliphatic rings. The molecule has 38 heavy (non-hydrogen) atoms. The zero-order valence-corrected chi connectivity index (χ0v) is 23.1. The third kappa shape index (κ3) is 7.96. The number of rotatable bonds is 12. The molecule has 0 saturated heterocycles. The molecule has 0 bridgehead atoms. The number of allylic oxidation sites excluding steroid dienone is 2. The van der Waals surface area contributed by atoms with E-state index in [4.69, 9.17) is 37.8 Å². The van der Waals surface area contributed by atoms with Crippen LogP contribution in [-0.2, 0) is 14.3 Å². The van der Waals surface area contributed by atoms with Gasteiger partial charge < -0.3 is 29.9 Å². The first-order valence-electron chi connectivity index (χ1n) is 13.0. The number of halogens is 2. The van der Waals surface area contributed by atoms with Gasteiger partial charge in [-0.1, -0.05) is 61.3 Å². The number of hydrogen-bond acceptors (Lipinski definition) is 7. The first-order chi connectivity index (χ1) is 17.9. The number of fused-ring (bicyclic) bond motifs is 1. The van der Waals surface area contributed by atoms with Crippen molar-refractivity contribution in [1.29, 1.82) is 0 Å². The van der Waals surface area contributed by atoms with Crippen molar-refractivity contribution in [3.05, 3.63) is 52.0 Å². The summed E-state index contributed by atoms with van der Waals surface area (Å²) in [6, 6.07) is 4.89. The van der Waals surface area contributed by atoms with Gasteiger partial charge in [0.2, 0.25) is 0 Å². The maximum Gasteiger partial charge on any atom is 0.347 e. The first-order valence-corrected chi connectivity index (χ1v) is 13.7. The Labute approximate surface area is 232 Å². The van der Waals surface area contributed by atoms with E-state index in [1.54, 1.807) is 31.2 Å². The Hall–Kier alpha value is -2.10. The Morgan fingerprint density at radius 2 is 1.87 bits per heavy atom. The van der Waals surface area contributed by atoms with Crippen LogP contribution in [0.4, 0.5) is 0 Å². The molecule has 0 amide bonds. The zero-order valence-electron chi connectivity index (χ0n) is 21.6. The molecule has 0 spiro atoms. The maximum absolute atomic E-state index is 13.2. The summed E-state index contributed by atoms with van der Waals surface area (Å²) in [6.45, 7) is 3.79. The van der Waals surface area contributed by atoms with Crippen molar-refractivity contribution in [2.45, 2.75) is 82.9 Å². The number of aliphatic carboxylic acids is 1. The van der Waals surface area contributed by atoms with Crippen LogP contribution in [0.2, 0.25) is 10.0 Å². The number of carboxylic acids is 1. The lowest BCUT2D eigenvalue weighted by Crippen LogP contribution is -2.44. The SMILES string of the molecule is CCC(Oc1c(Cl)cccc1Cl)C(=O)OC1CC(O)C=C2C=CC(C)C(CCC(O)(O)CCCC(=O)O)C21. The minimum atomic E-state index is -2.00. The number of hydrogen-bond donors (Lipinski definition) is 4. The minimum absolute atomic E-state index is 0.0359. The van der Waals surface area contributed by atoms with E-state index in [1.165, 1.54) is 0 Å². The summed E-state index contributed by atoms with van der Waals surface area (Å²) in [5.41, 5.74) is 0.833. The van der Waals surface area contributed by atoms with Crippen molar-refractivity contribution in [3.63, 3.8) is 0 Å². The van der Waals surface area contributed by atoms with Crippen molar-refractivity contribution < 1.29 is 39.5 Å². The van der Waals surface area contributed by atoms with Crippen molar-refractivity contribution >= 4 is 35.1 Å². The topological polar surface area (TPSA) is 134 Å². The average molecular weight is 571 g/mol. The highest BCUT2D eigenvalue weighted by atomic mass is 35.5. The van der Waals surface area contributed by atoms with Crippen LogP contribution in [-0.4, -0.2) is 56.5 Å². The van der Waals surface area contributed by atoms with E-state index in [9.17, 15) is 24.9 Å². The van der Waals surface area contributed by atoms with Gasteiger partial charge in [-0.25, -0.2) is 4.79 Å². The van der Waals surface area contributed by atoms with Crippen LogP contribution >= 0.6 is 23.2 Å². The number of benzene rings is 1. The molecule has 0 radical (unpaired) electrons. The molecule has 6 unspecified atom stereocenters. The first kappa shape index (κ1) is 30.4. The lowest BCUT2D eigenvalue weighted by molar-refractivity contribution is -0.177. The molecule has 10 heteroatoms. The molecule has 6 atom stereocenters. The maximum atomic E-state index is 13.2. The Balaban J connectivity index is 1.75. The van der Waals surface area contributed by atoms with Crippen LogP contribution in [0.25, 0.3) is 0 Å². The molecule has 1 aromatic carbocycles. The second-order valence-corrected chi connectivity index (χ2v) is 11.0. The van der Waals surface area contributed by atoms with Crippen molar-refractivity contribution in [2.24, 2.45) is 17.8 Å². The monoisotopic (exact) mass is 570 g/mol. The number of aliphatic hydroxyl groups is 3. The highest BCUT2D eigenvalue weighted by Gasteiger charge is 2.43. The number of ether oxygens (including phenoxy) is 2. The minimum Gasteiger partial charge on any atom is -0.481 e. The van der Waals surface area contributed by atoms with Crippen LogP contribution in [0.3, 0.4) is 0 Å². The molecule has 8 nitrogen and oxygen atoms in total. The van der Waals surface area contributed by atoms with Gasteiger partial charge in [-0.2, -0.15) is 0 Å². The number of carbonyl (C=O) groups excluding carboxylic acids is 1. The molecule has 3 rings (SSSR count). The summed E-state index contributed by atoms with van der Waals surface area (Å²) in [5, 5.41) is 40.8. The van der Waals surface area contributed by atoms with Crippen LogP contribution in [0.5, 0.6) is 5.75 Å². The largest absolute Gasteiger partial charge is 0.481 e. The van der Waals surface area contributed by atoms with Gasteiger partial charge in [0.05, 0.1) is 16.1 Å². The van der Waals surface area contributed by atoms with Gasteiger partial charge >= 0.3 is 11.9 Å². The average Bonchev–Trinajstić information content (AvgIpc) is 2.83. The number of esters is 1. The zero-order chi connectivity index (χ0) is 28.0. The summed E-state index contributed by atoms with van der Waals surface area (Å²) in [6.07, 6.45) is 4.14. The van der Waals surface area contributed by atoms with Crippen molar-refractivity contribution in [2.75, 3.05) is 0 Å². The standard InChI is InChI=1S/C28H36Cl2O8/c1-3-22(37-26-20(29)6-4-7-21(26)30)27(34)38-23-15-18(31)14-17-10-9-16(2)19(25(17)23)11-13-28(35,36)12-5-8-24(32)33/h4,6-7,9-10,14,16,18-19,22-23,25,31,35-36H,3,5,8,11-13,15H2,1-2H3,(H,32,33). The number of aliphatic hydroxyl groups excluding tert-OH is 1. The molecule has 0 fully saturated rings. The fraction of sp³-hybridized carbons (Fsp3) is 0.571. The van der Waals surface area contributed by atoms with Gasteiger partial charge in [0.1, 0.15) is 6.10 Å². The Kier molecular flexibility index (Phi) is 10.7. The van der Waals surface area contributed by atoms with Gasteiger partial charge in [-0.15, -0.1) is 0 Å². The van der Waals surface area contributed by atoms with Gasteiger partial charge in [-0.3, -0.25) is 4.79 Å². The Morgan fingerprint density at radius 1 is 1.18 bits per heavy atom. The lowest BCUT2D eigenvalue weighted by atomic mass is 9.66. The highest BCUT2D eigenvalue weighted by Crippen LogP contribution is 2.44. The molecule has 210 valence electrons. The van der Waals surface area contributed by atoms with Gasteiger partial charge in [0.25, 0.3) is 0 Å². The van der Waals surface area contributed by atoms with Crippen molar-refractivity contribution in [1.82, 2.24) is 0 Å². The smallest absolute Gasteiger partial charge is 0.347 e. The van der Waals surface area contributed by atoms with E-state index in [-0.39, 0.29) is 65.7 Å². The van der Waals surface area contributed by atoms with Crippen LogP contribution in [0.15, 0.2) is 42.0 Å². The molecule has 1 aromatic rings. The van der Waals surface area contributed by atoms with E-state index >= 15 is 0 Å². The fourth-order valence-electron chi connectivity index (χ4n) is 5.29. The third-order valence-corrected chi connectivity index (χ3v) is 7.89. The van der Waals surface area contributed by atoms with E-state index in [1.807, 2.05) is 19.1 Å². The second-order valence-electron chi connectivity index (χ2n) is 10.2. The van der Waals surface area contributed by atoms with E-state index in [0.29, 0.717) is 12.8 Å². The normalized spacial score (nSPS) is 25.8. The van der Waals surface area contributed by atoms with Gasteiger partial charge in [-0.05, 0) is 48.8 Å². The summed E-state index contributed by atoms with van der Waals surface area (Å²) in [7, 11) is 0. The van der Waals surface area contributed by atoms with Crippen LogP contribution < -0.4 is 4.74 Å². The molecule has 2 aliphatic carbocycles. The molecule has 0 aromatic heterocycles. The van der Waals surface area contributed by atoms with Gasteiger partial charge in [0.15, 0.2) is 17.6 Å². The molecule has 0 saturated carbocycles. The molecule has 0 aliphatic heterocycles. The quantitative estimate of drug-likeness (QED) is 0.206. The highest BCUT2D eigenvalue weighted by molar-refractivity contribution is 6.37. The van der Waals surface area contributed by atoms with Crippen LogP contribution in [0, 0.1) is 17.8 Å². The number of para-hydroxylation sites is 1. The fourth-order valence-corrected chi connectivity index (χ4v) is 5.78. The molecule has 0 heterocycles. The predicted molar refractivity (Wildman–Crippen MR) is 143 cm³/mol. The summed E-state index contributed by atoms with van der Waals surface area (Å²) in [5.74, 6) is -3.72. The number of carbonyl (C=O) groups is 2. The van der Waals surface area contributed by atoms with E-state index in [2.05, 4.69) is 0 Å². The Bertz CT molecular complexity index is 1030. The number of carboxylic acid groups (broad SMARTS) is 1. The molecular weight excluding hydrogens is 535 g/mol. The summed E-state index contributed by atoms with van der Waals surface area (Å²) in [4.78, 5) is 24.0. The third-order valence-electron chi connectivity index (χ3n) is 7.30. The van der Waals surface area contributed by atoms with Crippen LogP contribution in [0.1, 0.15) is 58.8 Å². The van der Waals surface area contributed by atoms with Crippen molar-refractivity contribution in [3.8, 4) is 5.75 Å². The van der Waals surface area contributed by atoms with E-state index in [0.717, 1.165) is 5.57 Å².